The SMILES string of the molecule is COc1ccc(-c2cnc(Nc3cccc(C(N)=O)c3)nc2)cc1. The number of amides is 1. The van der Waals surface area contributed by atoms with Crippen LogP contribution in [0.4, 0.5) is 11.6 Å². The van der Waals surface area contributed by atoms with Crippen LogP contribution in [0.5, 0.6) is 5.75 Å². The Bertz CT molecular complexity index is 846. The minimum absolute atomic E-state index is 0.426. The van der Waals surface area contributed by atoms with Gasteiger partial charge in [-0.2, -0.15) is 0 Å². The van der Waals surface area contributed by atoms with Gasteiger partial charge < -0.3 is 15.8 Å². The second-order valence-electron chi connectivity index (χ2n) is 5.09. The van der Waals surface area contributed by atoms with Crippen molar-refractivity contribution in [3.8, 4) is 16.9 Å². The molecular weight excluding hydrogens is 304 g/mol. The van der Waals surface area contributed by atoms with Crippen molar-refractivity contribution in [1.29, 1.82) is 0 Å². The van der Waals surface area contributed by atoms with E-state index in [0.29, 0.717) is 17.2 Å². The fraction of sp³-hybridized carbons (Fsp3) is 0.0556. The Morgan fingerprint density at radius 2 is 1.75 bits per heavy atom. The number of primary amides is 1. The molecule has 120 valence electrons. The van der Waals surface area contributed by atoms with Crippen molar-refractivity contribution in [1.82, 2.24) is 9.97 Å². The number of ether oxygens (including phenoxy) is 1. The summed E-state index contributed by atoms with van der Waals surface area (Å²) in [6.45, 7) is 0. The van der Waals surface area contributed by atoms with E-state index in [1.807, 2.05) is 30.3 Å². The van der Waals surface area contributed by atoms with Gasteiger partial charge in [-0.3, -0.25) is 4.79 Å². The van der Waals surface area contributed by atoms with Crippen molar-refractivity contribution >= 4 is 17.5 Å². The molecule has 3 aromatic rings. The standard InChI is InChI=1S/C18H16N4O2/c1-24-16-7-5-12(6-8-16)14-10-20-18(21-11-14)22-15-4-2-3-13(9-15)17(19)23/h2-11H,1H3,(H2,19,23)(H,20,21,22). The van der Waals surface area contributed by atoms with Crippen LogP contribution in [0.1, 0.15) is 10.4 Å². The molecule has 0 spiro atoms. The van der Waals surface area contributed by atoms with Crippen LogP contribution in [-0.2, 0) is 0 Å². The lowest BCUT2D eigenvalue weighted by atomic mass is 10.1. The van der Waals surface area contributed by atoms with E-state index < -0.39 is 5.91 Å². The number of carbonyl (C=O) groups excluding carboxylic acids is 1. The van der Waals surface area contributed by atoms with Gasteiger partial charge in [0.1, 0.15) is 5.75 Å². The number of benzene rings is 2. The number of methoxy groups -OCH3 is 1. The molecule has 24 heavy (non-hydrogen) atoms. The van der Waals surface area contributed by atoms with E-state index in [-0.39, 0.29) is 0 Å². The lowest BCUT2D eigenvalue weighted by molar-refractivity contribution is 0.100. The molecular formula is C18H16N4O2. The van der Waals surface area contributed by atoms with Crippen LogP contribution in [0.2, 0.25) is 0 Å². The maximum absolute atomic E-state index is 11.2. The van der Waals surface area contributed by atoms with Gasteiger partial charge in [-0.05, 0) is 35.9 Å². The molecule has 0 bridgehead atoms. The summed E-state index contributed by atoms with van der Waals surface area (Å²) >= 11 is 0. The second-order valence-corrected chi connectivity index (χ2v) is 5.09. The molecule has 0 aliphatic rings. The molecule has 3 N–H and O–H groups in total. The van der Waals surface area contributed by atoms with E-state index in [1.54, 1.807) is 37.7 Å². The average molecular weight is 320 g/mol. The number of nitrogens with zero attached hydrogens (tertiary/aromatic N) is 2. The molecule has 3 rings (SSSR count). The topological polar surface area (TPSA) is 90.1 Å². The summed E-state index contributed by atoms with van der Waals surface area (Å²) in [5.41, 5.74) is 8.29. The predicted molar refractivity (Wildman–Crippen MR) is 92.3 cm³/mol. The van der Waals surface area contributed by atoms with Crippen LogP contribution in [0.3, 0.4) is 0 Å². The Labute approximate surface area is 139 Å². The van der Waals surface area contributed by atoms with E-state index in [1.165, 1.54) is 0 Å². The third-order valence-electron chi connectivity index (χ3n) is 3.48. The Balaban J connectivity index is 1.76. The summed E-state index contributed by atoms with van der Waals surface area (Å²) < 4.78 is 5.14. The first-order valence-corrected chi connectivity index (χ1v) is 7.29. The Morgan fingerprint density at radius 3 is 2.38 bits per heavy atom. The van der Waals surface area contributed by atoms with Crippen molar-refractivity contribution in [3.63, 3.8) is 0 Å². The van der Waals surface area contributed by atoms with Gasteiger partial charge in [0, 0.05) is 29.2 Å². The number of aromatic nitrogens is 2. The van der Waals surface area contributed by atoms with Gasteiger partial charge in [0.05, 0.1) is 7.11 Å². The molecule has 6 nitrogen and oxygen atoms in total. The number of anilines is 2. The van der Waals surface area contributed by atoms with Crippen LogP contribution >= 0.6 is 0 Å². The first-order chi connectivity index (χ1) is 11.7. The van der Waals surface area contributed by atoms with Gasteiger partial charge in [-0.25, -0.2) is 9.97 Å². The third kappa shape index (κ3) is 3.49. The first kappa shape index (κ1) is 15.5. The van der Waals surface area contributed by atoms with Crippen LogP contribution in [0, 0.1) is 0 Å². The fourth-order valence-electron chi connectivity index (χ4n) is 2.20. The lowest BCUT2D eigenvalue weighted by Gasteiger charge is -2.07. The van der Waals surface area contributed by atoms with E-state index in [4.69, 9.17) is 10.5 Å². The molecule has 6 heteroatoms. The molecule has 1 amide bonds. The molecule has 0 atom stereocenters. The number of nitrogens with two attached hydrogens (primary N) is 1. The minimum atomic E-state index is -0.477. The van der Waals surface area contributed by atoms with E-state index in [2.05, 4.69) is 15.3 Å². The Hall–Kier alpha value is -3.41. The molecule has 0 aliphatic carbocycles. The maximum atomic E-state index is 11.2. The average Bonchev–Trinajstić information content (AvgIpc) is 2.63. The summed E-state index contributed by atoms with van der Waals surface area (Å²) in [4.78, 5) is 19.8. The summed E-state index contributed by atoms with van der Waals surface area (Å²) in [6, 6.07) is 14.5. The summed E-state index contributed by atoms with van der Waals surface area (Å²) in [5, 5.41) is 3.05. The van der Waals surface area contributed by atoms with Gasteiger partial charge in [0.25, 0.3) is 0 Å². The maximum Gasteiger partial charge on any atom is 0.248 e. The molecule has 0 saturated heterocycles. The molecule has 0 fully saturated rings. The number of hydrogen-bond donors (Lipinski definition) is 2. The molecule has 0 aliphatic heterocycles. The molecule has 0 radical (unpaired) electrons. The normalized spacial score (nSPS) is 10.2. The highest BCUT2D eigenvalue weighted by Gasteiger charge is 2.04. The highest BCUT2D eigenvalue weighted by molar-refractivity contribution is 5.93. The zero-order valence-electron chi connectivity index (χ0n) is 13.1. The highest BCUT2D eigenvalue weighted by Crippen LogP contribution is 2.22. The van der Waals surface area contributed by atoms with Crippen molar-refractivity contribution in [3.05, 3.63) is 66.5 Å². The quantitative estimate of drug-likeness (QED) is 0.754. The molecule has 1 aromatic heterocycles. The Morgan fingerprint density at radius 1 is 1.04 bits per heavy atom. The van der Waals surface area contributed by atoms with E-state index in [9.17, 15) is 4.79 Å². The van der Waals surface area contributed by atoms with Gasteiger partial charge >= 0.3 is 0 Å². The van der Waals surface area contributed by atoms with Crippen LogP contribution in [0.15, 0.2) is 60.9 Å². The fourth-order valence-corrected chi connectivity index (χ4v) is 2.20. The smallest absolute Gasteiger partial charge is 0.248 e. The number of carbonyl (C=O) groups is 1. The van der Waals surface area contributed by atoms with Crippen molar-refractivity contribution in [2.75, 3.05) is 12.4 Å². The molecule has 1 heterocycles. The Kier molecular flexibility index (Phi) is 4.38. The zero-order chi connectivity index (χ0) is 16.9. The van der Waals surface area contributed by atoms with E-state index >= 15 is 0 Å². The van der Waals surface area contributed by atoms with Crippen molar-refractivity contribution in [2.45, 2.75) is 0 Å². The minimum Gasteiger partial charge on any atom is -0.497 e. The van der Waals surface area contributed by atoms with Crippen molar-refractivity contribution < 1.29 is 9.53 Å². The summed E-state index contributed by atoms with van der Waals surface area (Å²) in [7, 11) is 1.63. The monoisotopic (exact) mass is 320 g/mol. The second kappa shape index (κ2) is 6.78. The van der Waals surface area contributed by atoms with Crippen LogP contribution < -0.4 is 15.8 Å². The van der Waals surface area contributed by atoms with Gasteiger partial charge in [0.15, 0.2) is 0 Å². The summed E-state index contributed by atoms with van der Waals surface area (Å²) in [5.74, 6) is 0.760. The predicted octanol–water partition coefficient (Wildman–Crippen LogP) is 2.99. The van der Waals surface area contributed by atoms with E-state index in [0.717, 1.165) is 16.9 Å². The zero-order valence-corrected chi connectivity index (χ0v) is 13.1. The molecule has 2 aromatic carbocycles. The van der Waals surface area contributed by atoms with Crippen LogP contribution in [-0.4, -0.2) is 23.0 Å². The van der Waals surface area contributed by atoms with Crippen LogP contribution in [0.25, 0.3) is 11.1 Å². The third-order valence-corrected chi connectivity index (χ3v) is 3.48. The van der Waals surface area contributed by atoms with Crippen molar-refractivity contribution in [2.24, 2.45) is 5.73 Å². The molecule has 0 unspecified atom stereocenters. The molecule has 0 saturated carbocycles. The summed E-state index contributed by atoms with van der Waals surface area (Å²) in [6.07, 6.45) is 3.46. The first-order valence-electron chi connectivity index (χ1n) is 7.29. The number of rotatable bonds is 5. The number of nitrogens with one attached hydrogen (secondary N) is 1. The van der Waals surface area contributed by atoms with Gasteiger partial charge in [0.2, 0.25) is 11.9 Å². The number of hydrogen-bond acceptors (Lipinski definition) is 5. The van der Waals surface area contributed by atoms with Gasteiger partial charge in [-0.15, -0.1) is 0 Å². The lowest BCUT2D eigenvalue weighted by Crippen LogP contribution is -2.11. The highest BCUT2D eigenvalue weighted by atomic mass is 16.5. The van der Waals surface area contributed by atoms with Gasteiger partial charge in [-0.1, -0.05) is 18.2 Å². The largest absolute Gasteiger partial charge is 0.497 e.